The molecule has 0 aliphatic heterocycles. The second-order valence-electron chi connectivity index (χ2n) is 5.20. The maximum absolute atomic E-state index is 11.9. The largest absolute Gasteiger partial charge is 0.397 e. The van der Waals surface area contributed by atoms with E-state index in [9.17, 15) is 13.5 Å². The third-order valence-corrected chi connectivity index (χ3v) is 4.48. The Morgan fingerprint density at radius 1 is 1.37 bits per heavy atom. The minimum Gasteiger partial charge on any atom is -0.397 e. The second-order valence-corrected chi connectivity index (χ2v) is 7.36. The highest BCUT2D eigenvalue weighted by molar-refractivity contribution is 7.89. The molecule has 7 heteroatoms. The minimum absolute atomic E-state index is 0.0653. The van der Waals surface area contributed by atoms with Crippen LogP contribution in [0, 0.1) is 0 Å². The summed E-state index contributed by atoms with van der Waals surface area (Å²) in [6.45, 7) is 3.57. The highest BCUT2D eigenvalue weighted by Gasteiger charge is 2.20. The molecular formula is C12H21N3O3S. The zero-order valence-corrected chi connectivity index (χ0v) is 12.5. The highest BCUT2D eigenvalue weighted by atomic mass is 32.2. The molecule has 19 heavy (non-hydrogen) atoms. The van der Waals surface area contributed by atoms with Gasteiger partial charge in [-0.1, -0.05) is 0 Å². The molecular weight excluding hydrogens is 266 g/mol. The number of hydrogen-bond donors (Lipinski definition) is 3. The summed E-state index contributed by atoms with van der Waals surface area (Å²) in [5, 5.41) is 12.3. The summed E-state index contributed by atoms with van der Waals surface area (Å²) in [6, 6.07) is 4.50. The van der Waals surface area contributed by atoms with E-state index in [1.807, 2.05) is 13.8 Å². The first-order valence-corrected chi connectivity index (χ1v) is 7.25. The van der Waals surface area contributed by atoms with E-state index in [0.717, 1.165) is 4.31 Å². The van der Waals surface area contributed by atoms with E-state index in [0.29, 0.717) is 11.4 Å². The van der Waals surface area contributed by atoms with E-state index in [4.69, 9.17) is 5.73 Å². The van der Waals surface area contributed by atoms with E-state index in [2.05, 4.69) is 5.32 Å². The lowest BCUT2D eigenvalue weighted by molar-refractivity contribution is 0.234. The molecule has 0 aliphatic rings. The number of aliphatic hydroxyl groups is 1. The van der Waals surface area contributed by atoms with Gasteiger partial charge in [0.1, 0.15) is 0 Å². The van der Waals surface area contributed by atoms with Crippen LogP contribution in [0.1, 0.15) is 13.8 Å². The van der Waals surface area contributed by atoms with Gasteiger partial charge in [-0.25, -0.2) is 12.7 Å². The Bertz CT molecular complexity index is 553. The number of nitrogen functional groups attached to an aromatic ring is 1. The van der Waals surface area contributed by atoms with Crippen LogP contribution in [-0.4, -0.2) is 44.1 Å². The summed E-state index contributed by atoms with van der Waals surface area (Å²) in [5.74, 6) is 0. The molecule has 0 spiro atoms. The van der Waals surface area contributed by atoms with Crippen molar-refractivity contribution >= 4 is 21.4 Å². The van der Waals surface area contributed by atoms with Crippen molar-refractivity contribution in [2.24, 2.45) is 0 Å². The average Bonchev–Trinajstić information content (AvgIpc) is 2.31. The van der Waals surface area contributed by atoms with Crippen LogP contribution < -0.4 is 11.1 Å². The van der Waals surface area contributed by atoms with Crippen molar-refractivity contribution in [3.63, 3.8) is 0 Å². The molecule has 0 unspecified atom stereocenters. The Morgan fingerprint density at radius 3 is 2.37 bits per heavy atom. The summed E-state index contributed by atoms with van der Waals surface area (Å²) >= 11 is 0. The van der Waals surface area contributed by atoms with Gasteiger partial charge in [-0.2, -0.15) is 0 Å². The lowest BCUT2D eigenvalue weighted by Gasteiger charge is -2.26. The molecule has 0 saturated heterocycles. The molecule has 0 fully saturated rings. The summed E-state index contributed by atoms with van der Waals surface area (Å²) in [7, 11) is -0.560. The van der Waals surface area contributed by atoms with Crippen molar-refractivity contribution in [1.29, 1.82) is 0 Å². The number of benzene rings is 1. The van der Waals surface area contributed by atoms with E-state index < -0.39 is 15.6 Å². The predicted molar refractivity (Wildman–Crippen MR) is 76.5 cm³/mol. The molecule has 0 atom stereocenters. The molecule has 0 saturated carbocycles. The van der Waals surface area contributed by atoms with Crippen molar-refractivity contribution in [1.82, 2.24) is 4.31 Å². The Morgan fingerprint density at radius 2 is 1.95 bits per heavy atom. The summed E-state index contributed by atoms with van der Waals surface area (Å²) in [5.41, 5.74) is 6.24. The number of nitrogens with one attached hydrogen (secondary N) is 1. The molecule has 0 aliphatic carbocycles. The second kappa shape index (κ2) is 5.36. The van der Waals surface area contributed by atoms with Crippen LogP contribution in [0.25, 0.3) is 0 Å². The SMILES string of the molecule is CN(C)S(=O)(=O)c1ccc(NC(C)(C)CO)c(N)c1. The third-order valence-electron chi connectivity index (χ3n) is 2.67. The molecule has 6 nitrogen and oxygen atoms in total. The maximum atomic E-state index is 11.9. The van der Waals surface area contributed by atoms with Gasteiger partial charge >= 0.3 is 0 Å². The van der Waals surface area contributed by atoms with Crippen molar-refractivity contribution in [2.45, 2.75) is 24.3 Å². The van der Waals surface area contributed by atoms with E-state index in [1.165, 1.54) is 26.2 Å². The Hall–Kier alpha value is -1.31. The molecule has 0 radical (unpaired) electrons. The number of sulfonamides is 1. The molecule has 1 rings (SSSR count). The van der Waals surface area contributed by atoms with Crippen LogP contribution >= 0.6 is 0 Å². The smallest absolute Gasteiger partial charge is 0.242 e. The number of nitrogens with two attached hydrogens (primary N) is 1. The van der Waals surface area contributed by atoms with Gasteiger partial charge in [0.2, 0.25) is 10.0 Å². The lowest BCUT2D eigenvalue weighted by Crippen LogP contribution is -2.35. The number of aliphatic hydroxyl groups excluding tert-OH is 1. The topological polar surface area (TPSA) is 95.7 Å². The number of anilines is 2. The van der Waals surface area contributed by atoms with Crippen LogP contribution in [0.15, 0.2) is 23.1 Å². The van der Waals surface area contributed by atoms with Gasteiger partial charge in [0, 0.05) is 14.1 Å². The maximum Gasteiger partial charge on any atom is 0.242 e. The standard InChI is InChI=1S/C12H21N3O3S/c1-12(2,8-16)14-11-6-5-9(7-10(11)13)19(17,18)15(3)4/h5-7,14,16H,8,13H2,1-4H3. The quantitative estimate of drug-likeness (QED) is 0.693. The molecule has 1 aromatic rings. The molecule has 0 amide bonds. The van der Waals surface area contributed by atoms with Gasteiger partial charge in [-0.15, -0.1) is 0 Å². The Balaban J connectivity index is 3.12. The highest BCUT2D eigenvalue weighted by Crippen LogP contribution is 2.26. The van der Waals surface area contributed by atoms with E-state index in [1.54, 1.807) is 6.07 Å². The Kier molecular flexibility index (Phi) is 4.44. The van der Waals surface area contributed by atoms with Crippen LogP contribution in [0.4, 0.5) is 11.4 Å². The normalized spacial score (nSPS) is 12.7. The molecule has 108 valence electrons. The first-order chi connectivity index (χ1) is 8.60. The van der Waals surface area contributed by atoms with Crippen LogP contribution in [0.3, 0.4) is 0 Å². The van der Waals surface area contributed by atoms with Crippen LogP contribution in [0.2, 0.25) is 0 Å². The minimum atomic E-state index is -3.49. The zero-order valence-electron chi connectivity index (χ0n) is 11.6. The van der Waals surface area contributed by atoms with Crippen molar-refractivity contribution in [3.05, 3.63) is 18.2 Å². The first kappa shape index (κ1) is 15.7. The fourth-order valence-corrected chi connectivity index (χ4v) is 2.37. The fraction of sp³-hybridized carbons (Fsp3) is 0.500. The number of rotatable bonds is 5. The van der Waals surface area contributed by atoms with Gasteiger partial charge < -0.3 is 16.2 Å². The van der Waals surface area contributed by atoms with E-state index in [-0.39, 0.29) is 11.5 Å². The predicted octanol–water partition coefficient (Wildman–Crippen LogP) is 0.702. The molecule has 0 bridgehead atoms. The zero-order chi connectivity index (χ0) is 14.8. The summed E-state index contributed by atoms with van der Waals surface area (Å²) < 4.78 is 25.0. The molecule has 4 N–H and O–H groups in total. The monoisotopic (exact) mass is 287 g/mol. The summed E-state index contributed by atoms with van der Waals surface area (Å²) in [4.78, 5) is 0.141. The fourth-order valence-electron chi connectivity index (χ4n) is 1.43. The van der Waals surface area contributed by atoms with Gasteiger partial charge in [-0.05, 0) is 32.0 Å². The van der Waals surface area contributed by atoms with Crippen molar-refractivity contribution in [3.8, 4) is 0 Å². The van der Waals surface area contributed by atoms with Gasteiger partial charge in [-0.3, -0.25) is 0 Å². The first-order valence-electron chi connectivity index (χ1n) is 5.81. The van der Waals surface area contributed by atoms with Gasteiger partial charge in [0.05, 0.1) is 28.4 Å². The van der Waals surface area contributed by atoms with Crippen LogP contribution in [0.5, 0.6) is 0 Å². The number of hydrogen-bond acceptors (Lipinski definition) is 5. The summed E-state index contributed by atoms with van der Waals surface area (Å²) in [6.07, 6.45) is 0. The van der Waals surface area contributed by atoms with Crippen molar-refractivity contribution in [2.75, 3.05) is 31.8 Å². The molecule has 1 aromatic carbocycles. The number of nitrogens with zero attached hydrogens (tertiary/aromatic N) is 1. The Labute approximate surface area is 114 Å². The molecule has 0 aromatic heterocycles. The van der Waals surface area contributed by atoms with Crippen LogP contribution in [-0.2, 0) is 10.0 Å². The van der Waals surface area contributed by atoms with Crippen molar-refractivity contribution < 1.29 is 13.5 Å². The van der Waals surface area contributed by atoms with Gasteiger partial charge in [0.15, 0.2) is 0 Å². The van der Waals surface area contributed by atoms with Gasteiger partial charge in [0.25, 0.3) is 0 Å². The third kappa shape index (κ3) is 3.59. The lowest BCUT2D eigenvalue weighted by atomic mass is 10.1. The average molecular weight is 287 g/mol. The van der Waals surface area contributed by atoms with E-state index >= 15 is 0 Å². The molecule has 0 heterocycles.